The van der Waals surface area contributed by atoms with Crippen molar-refractivity contribution in [3.8, 4) is 0 Å². The van der Waals surface area contributed by atoms with Gasteiger partial charge in [0.05, 0.1) is 70.3 Å². The zero-order chi connectivity index (χ0) is 68.2. The van der Waals surface area contributed by atoms with Crippen molar-refractivity contribution in [2.24, 2.45) is 0 Å². The van der Waals surface area contributed by atoms with Crippen molar-refractivity contribution >= 4 is 76.3 Å². The second-order valence-electron chi connectivity index (χ2n) is 22.4. The lowest BCUT2D eigenvalue weighted by Crippen LogP contribution is -2.50. The molecule has 508 valence electrons. The van der Waals surface area contributed by atoms with E-state index in [4.69, 9.17) is 15.0 Å². The Bertz CT molecular complexity index is 3380. The minimum absolute atomic E-state index is 0.0958. The lowest BCUT2D eigenvalue weighted by Gasteiger charge is -2.37. The van der Waals surface area contributed by atoms with Crippen LogP contribution in [0.5, 0.6) is 0 Å². The molecule has 3 saturated heterocycles. The van der Waals surface area contributed by atoms with E-state index in [-0.39, 0.29) is 107 Å². The van der Waals surface area contributed by atoms with Crippen molar-refractivity contribution in [2.75, 3.05) is 151 Å². The summed E-state index contributed by atoms with van der Waals surface area (Å²) in [6.07, 6.45) is -5.74. The molecule has 0 amide bonds. The van der Waals surface area contributed by atoms with Crippen LogP contribution >= 0.6 is 0 Å². The van der Waals surface area contributed by atoms with Gasteiger partial charge >= 0.3 is 0 Å². The van der Waals surface area contributed by atoms with Crippen LogP contribution in [0.4, 0.5) is 76.3 Å². The molecular weight excluding hydrogens is 1260 g/mol. The number of non-ortho nitro benzene ring substituents is 4. The molecule has 3 aromatic heterocycles. The highest BCUT2D eigenvalue weighted by molar-refractivity contribution is 5.53. The van der Waals surface area contributed by atoms with E-state index in [1.807, 2.05) is 24.5 Å². The fraction of sp³-hybridized carbons (Fsp3) is 0.421. The fourth-order valence-corrected chi connectivity index (χ4v) is 10.8. The van der Waals surface area contributed by atoms with Gasteiger partial charge in [0.25, 0.3) is 22.7 Å². The van der Waals surface area contributed by atoms with Crippen molar-refractivity contribution in [1.29, 1.82) is 0 Å². The third-order valence-electron chi connectivity index (χ3n) is 16.3. The molecule has 13 N–H and O–H groups in total. The number of benzene rings is 4. The van der Waals surface area contributed by atoms with Crippen molar-refractivity contribution < 1.29 is 60.5 Å². The Hall–Kier alpha value is -10.7. The molecule has 0 unspecified atom stereocenters. The van der Waals surface area contributed by atoms with E-state index in [2.05, 4.69) is 56.5 Å². The van der Waals surface area contributed by atoms with E-state index < -0.39 is 94.7 Å². The number of nitro benzene ring substituents is 4. The Morgan fingerprint density at radius 3 is 0.729 bits per heavy atom. The monoisotopic (exact) mass is 1330 g/mol. The smallest absolute Gasteiger partial charge is 0.269 e. The van der Waals surface area contributed by atoms with E-state index in [9.17, 15) is 81.3 Å². The van der Waals surface area contributed by atoms with Crippen molar-refractivity contribution in [3.63, 3.8) is 0 Å². The number of piperazine rings is 3. The third-order valence-corrected chi connectivity index (χ3v) is 16.3. The highest BCUT2D eigenvalue weighted by Crippen LogP contribution is 2.31. The average molecular weight is 1330 g/mol. The number of hydrogen-bond acceptors (Lipinski definition) is 35. The molecule has 8 atom stereocenters. The highest BCUT2D eigenvalue weighted by atomic mass is 16.6. The van der Waals surface area contributed by atoms with Gasteiger partial charge in [0.15, 0.2) is 0 Å². The third kappa shape index (κ3) is 16.5. The molecule has 0 aliphatic carbocycles. The van der Waals surface area contributed by atoms with Gasteiger partial charge in [0.1, 0.15) is 24.4 Å². The summed E-state index contributed by atoms with van der Waals surface area (Å²) in [6.45, 7) is 2.14. The first-order valence-corrected chi connectivity index (χ1v) is 30.2. The van der Waals surface area contributed by atoms with Crippen LogP contribution in [0.1, 0.15) is 46.7 Å². The van der Waals surface area contributed by atoms with Crippen LogP contribution in [0, 0.1) is 40.5 Å². The summed E-state index contributed by atoms with van der Waals surface area (Å²) in [4.78, 5) is 95.3. The molecule has 96 heavy (non-hydrogen) atoms. The molecule has 3 aliphatic heterocycles. The molecular formula is C57H69N23O16. The van der Waals surface area contributed by atoms with Gasteiger partial charge in [-0.15, -0.1) is 0 Å². The van der Waals surface area contributed by atoms with E-state index in [0.717, 1.165) is 0 Å². The van der Waals surface area contributed by atoms with Crippen LogP contribution in [0.2, 0.25) is 0 Å². The van der Waals surface area contributed by atoms with Crippen molar-refractivity contribution in [3.05, 3.63) is 160 Å². The van der Waals surface area contributed by atoms with Gasteiger partial charge < -0.3 is 91.9 Å². The van der Waals surface area contributed by atoms with E-state index in [0.29, 0.717) is 70.2 Å². The van der Waals surface area contributed by atoms with Crippen LogP contribution in [0.15, 0.2) is 97.1 Å². The zero-order valence-corrected chi connectivity index (χ0v) is 51.1. The SMILES string of the molecule is O=[N+]([O-])c1ccc([C@H](O)[C@H](CO)Nc2nc(N[C@@H](CO)[C@@H](O)c3ccc([N+](=O)[O-])cc3)nc(N3CCN(c4nc(N5CCNCC5)nc(N5CCN(c6nc(N[C@@H](CO)[C@@H](O)c7ccc([N+](=O)[O-])cc7)nc(N[C@@H](CO)[C@@H](O)c7ccc([N+](=O)[O-])cc7)n6)CC5)n4)CC3)n2)cc1. The maximum Gasteiger partial charge on any atom is 0.269 e. The number of anilines is 9. The van der Waals surface area contributed by atoms with Gasteiger partial charge in [-0.05, 0) is 70.8 Å². The first kappa shape index (κ1) is 68.2. The van der Waals surface area contributed by atoms with Crippen molar-refractivity contribution in [1.82, 2.24) is 50.2 Å². The summed E-state index contributed by atoms with van der Waals surface area (Å²) in [5.41, 5.74) is 0.0474. The minimum Gasteiger partial charge on any atom is -0.394 e. The van der Waals surface area contributed by atoms with Gasteiger partial charge in [0, 0.05) is 127 Å². The molecule has 39 nitrogen and oxygen atoms in total. The van der Waals surface area contributed by atoms with Crippen LogP contribution in [0.3, 0.4) is 0 Å². The van der Waals surface area contributed by atoms with E-state index >= 15 is 0 Å². The first-order chi connectivity index (χ1) is 46.3. The van der Waals surface area contributed by atoms with Crippen LogP contribution in [-0.2, 0) is 0 Å². The second-order valence-corrected chi connectivity index (χ2v) is 22.4. The van der Waals surface area contributed by atoms with Gasteiger partial charge in [-0.25, -0.2) is 0 Å². The summed E-state index contributed by atoms with van der Waals surface area (Å²) in [5.74, 6) is 0.729. The van der Waals surface area contributed by atoms with Crippen LogP contribution in [0.25, 0.3) is 0 Å². The first-order valence-electron chi connectivity index (χ1n) is 30.2. The zero-order valence-electron chi connectivity index (χ0n) is 51.1. The number of rotatable bonds is 29. The largest absolute Gasteiger partial charge is 0.394 e. The van der Waals surface area contributed by atoms with Gasteiger partial charge in [0.2, 0.25) is 53.5 Å². The average Bonchev–Trinajstić information content (AvgIpc) is 0.839. The number of nitro groups is 4. The Kier molecular flexibility index (Phi) is 22.1. The molecule has 0 radical (unpaired) electrons. The Balaban J connectivity index is 0.888. The lowest BCUT2D eigenvalue weighted by molar-refractivity contribution is -0.385. The topological polar surface area (TPSA) is 527 Å². The summed E-state index contributed by atoms with van der Waals surface area (Å²) >= 11 is 0. The van der Waals surface area contributed by atoms with Gasteiger partial charge in [-0.3, -0.25) is 40.5 Å². The molecule has 0 spiro atoms. The van der Waals surface area contributed by atoms with E-state index in [1.54, 1.807) is 0 Å². The number of hydrogen-bond donors (Lipinski definition) is 13. The summed E-state index contributed by atoms with van der Waals surface area (Å²) in [7, 11) is 0. The summed E-state index contributed by atoms with van der Waals surface area (Å²) < 4.78 is 0. The molecule has 0 saturated carbocycles. The number of aliphatic hydroxyl groups is 8. The summed E-state index contributed by atoms with van der Waals surface area (Å²) in [5, 5.41) is 148. The Morgan fingerprint density at radius 1 is 0.333 bits per heavy atom. The predicted molar refractivity (Wildman–Crippen MR) is 344 cm³/mol. The molecule has 10 rings (SSSR count). The number of nitrogens with one attached hydrogen (secondary N) is 5. The normalized spacial score (nSPS) is 16.9. The molecule has 0 bridgehead atoms. The molecule has 39 heteroatoms. The Morgan fingerprint density at radius 2 is 0.531 bits per heavy atom. The number of nitrogens with zero attached hydrogens (tertiary/aromatic N) is 18. The molecule has 3 aliphatic rings. The molecule has 7 aromatic rings. The highest BCUT2D eigenvalue weighted by Gasteiger charge is 2.33. The van der Waals surface area contributed by atoms with E-state index in [1.165, 1.54) is 97.1 Å². The van der Waals surface area contributed by atoms with Gasteiger partial charge in [-0.1, -0.05) is 0 Å². The standard InChI is InChI=1S/C57H69N23O16/c81-29-41(45(85)33-1-9-37(10-2-33)77(89)90)59-49-63-50(60-42(30-82)46(86)34-3-11-38(12-4-34)78(91)92)66-53(65-49)73-21-25-75(26-22-73)56-69-55(72-19-17-58-18-20-72)70-57(71-56)76-27-23-74(24-28-76)54-67-51(61-43(31-83)47(87)35-5-13-39(14-6-35)79(93)94)64-52(68-54)62-44(32-84)48(88)36-7-15-40(16-8-36)80(95)96/h1-16,41-48,58,81-88H,17-32H2,(H2,59,60,63,65,66)(H2,61,62,64,67,68)/t41-,42-,43-,44-,45-,46-,47-,48-/m0/s1. The van der Waals surface area contributed by atoms with Crippen molar-refractivity contribution in [2.45, 2.75) is 48.6 Å². The molecule has 3 fully saturated rings. The maximum absolute atomic E-state index is 11.4. The lowest BCUT2D eigenvalue weighted by atomic mass is 10.0. The van der Waals surface area contributed by atoms with Crippen LogP contribution in [-0.4, -0.2) is 235 Å². The predicted octanol–water partition coefficient (Wildman–Crippen LogP) is -0.0372. The molecule has 6 heterocycles. The minimum atomic E-state index is -1.44. The Labute approximate surface area is 544 Å². The second kappa shape index (κ2) is 31.1. The summed E-state index contributed by atoms with van der Waals surface area (Å²) in [6, 6.07) is 15.7. The van der Waals surface area contributed by atoms with Gasteiger partial charge in [-0.2, -0.15) is 44.9 Å². The number of aliphatic hydroxyl groups excluding tert-OH is 8. The number of aromatic nitrogens is 9. The molecule has 4 aromatic carbocycles. The quantitative estimate of drug-likeness (QED) is 0.0216. The fourth-order valence-electron chi connectivity index (χ4n) is 10.8. The maximum atomic E-state index is 11.4. The van der Waals surface area contributed by atoms with Crippen LogP contribution < -0.4 is 51.1 Å².